The molecule has 0 fully saturated rings. The van der Waals surface area contributed by atoms with E-state index < -0.39 is 0 Å². The Morgan fingerprint density at radius 3 is 2.85 bits per heavy atom. The van der Waals surface area contributed by atoms with Crippen LogP contribution < -0.4 is 10.6 Å². The van der Waals surface area contributed by atoms with E-state index in [1.165, 1.54) is 0 Å². The van der Waals surface area contributed by atoms with Gasteiger partial charge in [-0.15, -0.1) is 0 Å². The highest BCUT2D eigenvalue weighted by Crippen LogP contribution is 2.24. The van der Waals surface area contributed by atoms with Gasteiger partial charge in [0.15, 0.2) is 0 Å². The van der Waals surface area contributed by atoms with Crippen molar-refractivity contribution >= 4 is 23.4 Å². The topological polar surface area (TPSA) is 92.1 Å². The van der Waals surface area contributed by atoms with Crippen LogP contribution in [0.4, 0.5) is 10.6 Å². The van der Waals surface area contributed by atoms with Crippen LogP contribution in [0.15, 0.2) is 54.9 Å². The number of aromatic nitrogens is 3. The van der Waals surface area contributed by atoms with Crippen LogP contribution in [0.2, 0.25) is 5.02 Å². The molecule has 26 heavy (non-hydrogen) atoms. The summed E-state index contributed by atoms with van der Waals surface area (Å²) in [4.78, 5) is 16.2. The fraction of sp³-hybridized carbons (Fsp3) is 0.167. The molecule has 0 aliphatic rings. The van der Waals surface area contributed by atoms with E-state index in [2.05, 4.69) is 20.7 Å². The summed E-state index contributed by atoms with van der Waals surface area (Å²) >= 11 is 6.03. The molecule has 0 unspecified atom stereocenters. The van der Waals surface area contributed by atoms with Crippen molar-refractivity contribution in [3.63, 3.8) is 0 Å². The summed E-state index contributed by atoms with van der Waals surface area (Å²) < 4.78 is 1.54. The van der Waals surface area contributed by atoms with Gasteiger partial charge in [-0.3, -0.25) is 10.3 Å². The smallest absolute Gasteiger partial charge is 0.320 e. The lowest BCUT2D eigenvalue weighted by molar-refractivity contribution is 0.250. The quantitative estimate of drug-likeness (QED) is 0.621. The van der Waals surface area contributed by atoms with Crippen molar-refractivity contribution in [2.75, 3.05) is 11.9 Å². The van der Waals surface area contributed by atoms with Gasteiger partial charge in [-0.2, -0.15) is 5.10 Å². The van der Waals surface area contributed by atoms with Gasteiger partial charge < -0.3 is 10.4 Å². The van der Waals surface area contributed by atoms with Crippen LogP contribution in [0.25, 0.3) is 11.3 Å². The average molecular weight is 372 g/mol. The minimum absolute atomic E-state index is 0.0946. The van der Waals surface area contributed by atoms with Crippen molar-refractivity contribution < 1.29 is 9.90 Å². The summed E-state index contributed by atoms with van der Waals surface area (Å²) in [5, 5.41) is 19.8. The summed E-state index contributed by atoms with van der Waals surface area (Å²) in [7, 11) is 0. The van der Waals surface area contributed by atoms with Crippen molar-refractivity contribution in [2.45, 2.75) is 13.1 Å². The lowest BCUT2D eigenvalue weighted by Gasteiger charge is -2.09. The third kappa shape index (κ3) is 4.59. The molecule has 3 aromatic rings. The van der Waals surface area contributed by atoms with E-state index in [1.54, 1.807) is 35.3 Å². The number of hydrogen-bond donors (Lipinski definition) is 3. The van der Waals surface area contributed by atoms with Gasteiger partial charge in [-0.25, -0.2) is 9.48 Å². The van der Waals surface area contributed by atoms with Crippen LogP contribution in [-0.2, 0) is 13.1 Å². The molecule has 3 N–H and O–H groups in total. The van der Waals surface area contributed by atoms with E-state index in [-0.39, 0.29) is 19.2 Å². The number of aliphatic hydroxyl groups is 1. The third-order valence-corrected chi connectivity index (χ3v) is 3.86. The predicted octanol–water partition coefficient (Wildman–Crippen LogP) is 2.91. The van der Waals surface area contributed by atoms with Gasteiger partial charge in [0, 0.05) is 35.6 Å². The van der Waals surface area contributed by atoms with E-state index in [4.69, 9.17) is 11.6 Å². The van der Waals surface area contributed by atoms with Gasteiger partial charge in [0.1, 0.15) is 5.82 Å². The summed E-state index contributed by atoms with van der Waals surface area (Å²) in [5.74, 6) is 0.484. The van der Waals surface area contributed by atoms with Crippen LogP contribution in [-0.4, -0.2) is 32.5 Å². The van der Waals surface area contributed by atoms with E-state index in [9.17, 15) is 9.90 Å². The first-order valence-corrected chi connectivity index (χ1v) is 8.42. The number of pyridine rings is 1. The maximum Gasteiger partial charge on any atom is 0.320 e. The van der Waals surface area contributed by atoms with Crippen molar-refractivity contribution in [2.24, 2.45) is 0 Å². The van der Waals surface area contributed by atoms with Crippen molar-refractivity contribution in [3.8, 4) is 11.3 Å². The average Bonchev–Trinajstić information content (AvgIpc) is 3.04. The minimum atomic E-state index is -0.370. The molecule has 3 rings (SSSR count). The maximum atomic E-state index is 12.2. The number of carbonyl (C=O) groups is 1. The number of nitrogens with one attached hydrogen (secondary N) is 2. The van der Waals surface area contributed by atoms with Crippen LogP contribution in [0.5, 0.6) is 0 Å². The van der Waals surface area contributed by atoms with Crippen LogP contribution in [0.3, 0.4) is 0 Å². The molecule has 0 saturated carbocycles. The Hall–Kier alpha value is -2.90. The number of hydrogen-bond acceptors (Lipinski definition) is 4. The Labute approximate surface area is 155 Å². The SMILES string of the molecule is O=C(NCc1cccnc1)Nc1cc(-c2cccc(Cl)c2)nn1CCO. The second-order valence-corrected chi connectivity index (χ2v) is 5.98. The predicted molar refractivity (Wildman–Crippen MR) is 99.9 cm³/mol. The molecule has 0 saturated heterocycles. The molecular weight excluding hydrogens is 354 g/mol. The molecule has 0 aliphatic carbocycles. The second-order valence-electron chi connectivity index (χ2n) is 5.54. The molecule has 0 aliphatic heterocycles. The van der Waals surface area contributed by atoms with E-state index in [0.29, 0.717) is 23.1 Å². The van der Waals surface area contributed by atoms with Crippen molar-refractivity contribution in [3.05, 3.63) is 65.4 Å². The molecular formula is C18H18ClN5O2. The number of carbonyl (C=O) groups excluding carboxylic acids is 1. The lowest BCUT2D eigenvalue weighted by atomic mass is 10.1. The van der Waals surface area contributed by atoms with Crippen LogP contribution >= 0.6 is 11.6 Å². The number of rotatable bonds is 6. The van der Waals surface area contributed by atoms with E-state index >= 15 is 0 Å². The van der Waals surface area contributed by atoms with Crippen molar-refractivity contribution in [1.82, 2.24) is 20.1 Å². The van der Waals surface area contributed by atoms with Gasteiger partial charge in [0.25, 0.3) is 0 Å². The van der Waals surface area contributed by atoms with E-state index in [1.807, 2.05) is 24.3 Å². The Morgan fingerprint density at radius 1 is 1.23 bits per heavy atom. The largest absolute Gasteiger partial charge is 0.394 e. The number of aliphatic hydroxyl groups excluding tert-OH is 1. The lowest BCUT2D eigenvalue weighted by Crippen LogP contribution is -2.29. The molecule has 2 aromatic heterocycles. The number of anilines is 1. The molecule has 0 spiro atoms. The number of halogens is 1. The standard InChI is InChI=1S/C18H18ClN5O2/c19-15-5-1-4-14(9-15)16-10-17(24(23-16)7-8-25)22-18(26)21-12-13-3-2-6-20-11-13/h1-6,9-11,25H,7-8,12H2,(H2,21,22,26). The zero-order chi connectivity index (χ0) is 18.4. The fourth-order valence-corrected chi connectivity index (χ4v) is 2.61. The van der Waals surface area contributed by atoms with Gasteiger partial charge in [-0.05, 0) is 23.8 Å². The van der Waals surface area contributed by atoms with Gasteiger partial charge in [0.2, 0.25) is 0 Å². The fourth-order valence-electron chi connectivity index (χ4n) is 2.42. The molecule has 134 valence electrons. The number of nitrogens with zero attached hydrogens (tertiary/aromatic N) is 3. The normalized spacial score (nSPS) is 10.5. The molecule has 2 heterocycles. The first-order valence-electron chi connectivity index (χ1n) is 8.04. The van der Waals surface area contributed by atoms with Gasteiger partial charge >= 0.3 is 6.03 Å². The summed E-state index contributed by atoms with van der Waals surface area (Å²) in [5.41, 5.74) is 2.38. The summed E-state index contributed by atoms with van der Waals surface area (Å²) in [6.45, 7) is 0.524. The maximum absolute atomic E-state index is 12.2. The van der Waals surface area contributed by atoms with Gasteiger partial charge in [-0.1, -0.05) is 29.8 Å². The zero-order valence-corrected chi connectivity index (χ0v) is 14.6. The highest BCUT2D eigenvalue weighted by atomic mass is 35.5. The molecule has 2 amide bonds. The van der Waals surface area contributed by atoms with Crippen LogP contribution in [0, 0.1) is 0 Å². The summed E-state index contributed by atoms with van der Waals surface area (Å²) in [6.07, 6.45) is 3.36. The van der Waals surface area contributed by atoms with Gasteiger partial charge in [0.05, 0.1) is 18.8 Å². The zero-order valence-electron chi connectivity index (χ0n) is 13.9. The first kappa shape index (κ1) is 17.9. The first-order chi connectivity index (χ1) is 12.7. The molecule has 0 atom stereocenters. The van der Waals surface area contributed by atoms with Crippen molar-refractivity contribution in [1.29, 1.82) is 0 Å². The Balaban J connectivity index is 1.72. The Morgan fingerprint density at radius 2 is 2.12 bits per heavy atom. The molecule has 8 heteroatoms. The van der Waals surface area contributed by atoms with E-state index in [0.717, 1.165) is 11.1 Å². The molecule has 0 bridgehead atoms. The Kier molecular flexibility index (Phi) is 5.83. The second kappa shape index (κ2) is 8.46. The minimum Gasteiger partial charge on any atom is -0.394 e. The highest BCUT2D eigenvalue weighted by molar-refractivity contribution is 6.30. The Bertz CT molecular complexity index is 882. The number of urea groups is 1. The molecule has 7 nitrogen and oxygen atoms in total. The number of amides is 2. The molecule has 0 radical (unpaired) electrons. The molecule has 1 aromatic carbocycles. The van der Waals surface area contributed by atoms with Crippen LogP contribution in [0.1, 0.15) is 5.56 Å². The highest BCUT2D eigenvalue weighted by Gasteiger charge is 2.12. The third-order valence-electron chi connectivity index (χ3n) is 3.63. The summed E-state index contributed by atoms with van der Waals surface area (Å²) in [6, 6.07) is 12.3. The number of benzene rings is 1. The monoisotopic (exact) mass is 371 g/mol.